The van der Waals surface area contributed by atoms with E-state index in [2.05, 4.69) is 21.9 Å². The van der Waals surface area contributed by atoms with Gasteiger partial charge in [-0.2, -0.15) is 9.57 Å². The van der Waals surface area contributed by atoms with E-state index in [-0.39, 0.29) is 12.4 Å². The van der Waals surface area contributed by atoms with Gasteiger partial charge in [0.25, 0.3) is 10.0 Å². The van der Waals surface area contributed by atoms with Gasteiger partial charge in [-0.05, 0) is 68.0 Å². The van der Waals surface area contributed by atoms with Gasteiger partial charge >= 0.3 is 0 Å². The molecule has 0 atom stereocenters. The molecule has 0 saturated carbocycles. The minimum atomic E-state index is -3.35. The molecule has 0 unspecified atom stereocenters. The van der Waals surface area contributed by atoms with Crippen molar-refractivity contribution in [2.24, 2.45) is 0 Å². The van der Waals surface area contributed by atoms with Crippen LogP contribution in [0.4, 0.5) is 0 Å². The van der Waals surface area contributed by atoms with Crippen LogP contribution in [0.15, 0.2) is 46.0 Å². The van der Waals surface area contributed by atoms with Crippen LogP contribution in [0.2, 0.25) is 0 Å². The number of rotatable bonds is 5. The number of sulfonamides is 1. The SMILES string of the molecule is Cl.N#Cc1cccc(CN2CCC(N3CCCN(S(=O)(=O)c4cccs4)CC3)CC2)c1. The van der Waals surface area contributed by atoms with Gasteiger partial charge in [-0.3, -0.25) is 9.80 Å². The minimum absolute atomic E-state index is 0. The van der Waals surface area contributed by atoms with Gasteiger partial charge in [-0.15, -0.1) is 23.7 Å². The van der Waals surface area contributed by atoms with Crippen LogP contribution in [0, 0.1) is 11.3 Å². The number of likely N-dealkylation sites (tertiary alicyclic amines) is 1. The maximum atomic E-state index is 12.8. The van der Waals surface area contributed by atoms with E-state index in [4.69, 9.17) is 5.26 Å². The number of hydrogen-bond acceptors (Lipinski definition) is 6. The predicted octanol–water partition coefficient (Wildman–Crippen LogP) is 3.40. The third-order valence-electron chi connectivity index (χ3n) is 6.11. The fraction of sp³-hybridized carbons (Fsp3) is 0.500. The number of thiophene rings is 1. The molecule has 2 aliphatic heterocycles. The average molecular weight is 481 g/mol. The zero-order valence-electron chi connectivity index (χ0n) is 17.5. The second-order valence-corrected chi connectivity index (χ2v) is 11.2. The van der Waals surface area contributed by atoms with Gasteiger partial charge in [0.2, 0.25) is 0 Å². The Balaban J connectivity index is 0.00000272. The Bertz CT molecular complexity index is 983. The molecular formula is C22H29ClN4O2S2. The van der Waals surface area contributed by atoms with E-state index in [9.17, 15) is 8.42 Å². The molecule has 2 fully saturated rings. The van der Waals surface area contributed by atoms with Crippen LogP contribution in [0.3, 0.4) is 0 Å². The van der Waals surface area contributed by atoms with Gasteiger partial charge in [0.1, 0.15) is 4.21 Å². The zero-order chi connectivity index (χ0) is 21.0. The van der Waals surface area contributed by atoms with Crippen molar-refractivity contribution in [1.82, 2.24) is 14.1 Å². The largest absolute Gasteiger partial charge is 0.299 e. The third kappa shape index (κ3) is 5.86. The van der Waals surface area contributed by atoms with E-state index in [0.717, 1.165) is 52.0 Å². The van der Waals surface area contributed by atoms with Crippen molar-refractivity contribution in [3.63, 3.8) is 0 Å². The Kier molecular flexibility index (Phi) is 8.50. The fourth-order valence-electron chi connectivity index (χ4n) is 4.50. The lowest BCUT2D eigenvalue weighted by atomic mass is 10.0. The van der Waals surface area contributed by atoms with Gasteiger partial charge in [0.05, 0.1) is 11.6 Å². The van der Waals surface area contributed by atoms with Crippen molar-refractivity contribution in [3.8, 4) is 6.07 Å². The van der Waals surface area contributed by atoms with E-state index in [1.165, 1.54) is 16.9 Å². The fourth-order valence-corrected chi connectivity index (χ4v) is 7.11. The highest BCUT2D eigenvalue weighted by atomic mass is 35.5. The summed E-state index contributed by atoms with van der Waals surface area (Å²) in [6.07, 6.45) is 3.09. The van der Waals surface area contributed by atoms with Crippen LogP contribution in [-0.2, 0) is 16.6 Å². The Morgan fingerprint density at radius 1 is 1.03 bits per heavy atom. The van der Waals surface area contributed by atoms with Crippen LogP contribution in [0.5, 0.6) is 0 Å². The topological polar surface area (TPSA) is 67.7 Å². The summed E-state index contributed by atoms with van der Waals surface area (Å²) in [5, 5.41) is 10.9. The summed E-state index contributed by atoms with van der Waals surface area (Å²) >= 11 is 1.30. The second-order valence-electron chi connectivity index (χ2n) is 8.05. The summed E-state index contributed by atoms with van der Waals surface area (Å²) in [6, 6.07) is 14.1. The van der Waals surface area contributed by atoms with Crippen molar-refractivity contribution >= 4 is 33.8 Å². The Hall–Kier alpha value is -1.47. The molecule has 3 heterocycles. The summed E-state index contributed by atoms with van der Waals surface area (Å²) < 4.78 is 27.8. The van der Waals surface area contributed by atoms with Crippen molar-refractivity contribution < 1.29 is 8.42 Å². The Labute approximate surface area is 195 Å². The Morgan fingerprint density at radius 3 is 2.55 bits per heavy atom. The smallest absolute Gasteiger partial charge is 0.252 e. The van der Waals surface area contributed by atoms with Crippen LogP contribution in [0.25, 0.3) is 0 Å². The lowest BCUT2D eigenvalue weighted by Gasteiger charge is -2.38. The highest BCUT2D eigenvalue weighted by molar-refractivity contribution is 7.91. The van der Waals surface area contributed by atoms with E-state index in [0.29, 0.717) is 28.9 Å². The van der Waals surface area contributed by atoms with E-state index in [1.807, 2.05) is 23.6 Å². The first-order valence-electron chi connectivity index (χ1n) is 10.6. The molecule has 0 radical (unpaired) electrons. The van der Waals surface area contributed by atoms with Crippen LogP contribution < -0.4 is 0 Å². The first-order valence-corrected chi connectivity index (χ1v) is 12.9. The van der Waals surface area contributed by atoms with Gasteiger partial charge in [0.15, 0.2) is 0 Å². The van der Waals surface area contributed by atoms with Crippen molar-refractivity contribution in [1.29, 1.82) is 5.26 Å². The summed E-state index contributed by atoms with van der Waals surface area (Å²) in [4.78, 5) is 4.95. The maximum Gasteiger partial charge on any atom is 0.252 e. The Morgan fingerprint density at radius 2 is 1.84 bits per heavy atom. The molecule has 1 aromatic heterocycles. The molecule has 31 heavy (non-hydrogen) atoms. The van der Waals surface area contributed by atoms with Crippen molar-refractivity contribution in [2.75, 3.05) is 39.3 Å². The van der Waals surface area contributed by atoms with Crippen LogP contribution in [0.1, 0.15) is 30.4 Å². The molecule has 2 aromatic rings. The molecule has 6 nitrogen and oxygen atoms in total. The number of halogens is 1. The van der Waals surface area contributed by atoms with Crippen LogP contribution in [-0.4, -0.2) is 67.8 Å². The number of benzene rings is 1. The molecule has 0 amide bonds. The molecule has 4 rings (SSSR count). The highest BCUT2D eigenvalue weighted by Crippen LogP contribution is 2.24. The van der Waals surface area contributed by atoms with E-state index in [1.54, 1.807) is 16.4 Å². The molecule has 9 heteroatoms. The molecule has 1 aromatic carbocycles. The van der Waals surface area contributed by atoms with E-state index >= 15 is 0 Å². The molecule has 0 N–H and O–H groups in total. The van der Waals surface area contributed by atoms with Crippen LogP contribution >= 0.6 is 23.7 Å². The first-order chi connectivity index (χ1) is 14.6. The number of nitriles is 1. The quantitative estimate of drug-likeness (QED) is 0.656. The number of piperidine rings is 1. The lowest BCUT2D eigenvalue weighted by molar-refractivity contribution is 0.108. The molecule has 168 valence electrons. The zero-order valence-corrected chi connectivity index (χ0v) is 20.0. The van der Waals surface area contributed by atoms with E-state index < -0.39 is 10.0 Å². The first kappa shape index (κ1) is 24.2. The van der Waals surface area contributed by atoms with Gasteiger partial charge in [-0.1, -0.05) is 18.2 Å². The summed E-state index contributed by atoms with van der Waals surface area (Å²) in [5.74, 6) is 0. The lowest BCUT2D eigenvalue weighted by Crippen LogP contribution is -2.46. The minimum Gasteiger partial charge on any atom is -0.299 e. The molecule has 2 saturated heterocycles. The van der Waals surface area contributed by atoms with Crippen molar-refractivity contribution in [2.45, 2.75) is 36.1 Å². The predicted molar refractivity (Wildman–Crippen MR) is 126 cm³/mol. The molecular weight excluding hydrogens is 452 g/mol. The molecule has 0 bridgehead atoms. The van der Waals surface area contributed by atoms with Gasteiger partial charge in [-0.25, -0.2) is 8.42 Å². The summed E-state index contributed by atoms with van der Waals surface area (Å²) in [6.45, 7) is 5.90. The molecule has 0 spiro atoms. The summed E-state index contributed by atoms with van der Waals surface area (Å²) in [5.41, 5.74) is 1.91. The normalized spacial score (nSPS) is 20.0. The highest BCUT2D eigenvalue weighted by Gasteiger charge is 2.31. The molecule has 2 aliphatic rings. The van der Waals surface area contributed by atoms with Gasteiger partial charge in [0, 0.05) is 32.2 Å². The maximum absolute atomic E-state index is 12.8. The average Bonchev–Trinajstić information content (AvgIpc) is 3.20. The number of nitrogens with zero attached hydrogens (tertiary/aromatic N) is 4. The second kappa shape index (κ2) is 10.9. The summed E-state index contributed by atoms with van der Waals surface area (Å²) in [7, 11) is -3.35. The number of hydrogen-bond donors (Lipinski definition) is 0. The monoisotopic (exact) mass is 480 g/mol. The van der Waals surface area contributed by atoms with Crippen molar-refractivity contribution in [3.05, 3.63) is 52.9 Å². The molecule has 0 aliphatic carbocycles. The standard InChI is InChI=1S/C22H28N4O2S2.ClH/c23-17-19-4-1-5-20(16-19)18-24-11-7-21(8-12-24)25-9-3-10-26(14-13-25)30(27,28)22-6-2-15-29-22;/h1-2,4-6,15-16,21H,3,7-14,18H2;1H. The third-order valence-corrected chi connectivity index (χ3v) is 9.39. The van der Waals surface area contributed by atoms with Gasteiger partial charge < -0.3 is 0 Å².